The van der Waals surface area contributed by atoms with Crippen LogP contribution in [0.5, 0.6) is 0 Å². The number of nitrogens with one attached hydrogen (secondary N) is 1. The molecule has 1 heterocycles. The molecule has 0 saturated heterocycles. The lowest BCUT2D eigenvalue weighted by Crippen LogP contribution is -2.23. The molecular formula is C20H27N5O3S. The molecule has 29 heavy (non-hydrogen) atoms. The number of thioether (sulfide) groups is 1. The summed E-state index contributed by atoms with van der Waals surface area (Å²) in [5.74, 6) is 0.447. The van der Waals surface area contributed by atoms with Gasteiger partial charge in [0.15, 0.2) is 10.9 Å². The van der Waals surface area contributed by atoms with Crippen molar-refractivity contribution in [2.75, 3.05) is 5.32 Å². The first-order valence-electron chi connectivity index (χ1n) is 9.46. The third-order valence-electron chi connectivity index (χ3n) is 4.15. The van der Waals surface area contributed by atoms with Gasteiger partial charge in [-0.2, -0.15) is 0 Å². The number of nitrogens with zero attached hydrogens (tertiary/aromatic N) is 3. The van der Waals surface area contributed by atoms with Gasteiger partial charge in [0.1, 0.15) is 5.82 Å². The lowest BCUT2D eigenvalue weighted by molar-refractivity contribution is -0.118. The van der Waals surface area contributed by atoms with Crippen LogP contribution in [-0.4, -0.2) is 37.6 Å². The van der Waals surface area contributed by atoms with E-state index in [0.29, 0.717) is 41.1 Å². The van der Waals surface area contributed by atoms with Crippen molar-refractivity contribution in [2.24, 2.45) is 11.7 Å². The Kier molecular flexibility index (Phi) is 7.95. The van der Waals surface area contributed by atoms with Crippen LogP contribution in [0.1, 0.15) is 50.3 Å². The van der Waals surface area contributed by atoms with E-state index in [9.17, 15) is 14.4 Å². The summed E-state index contributed by atoms with van der Waals surface area (Å²) < 4.78 is 1.95. The molecule has 1 aromatic carbocycles. The summed E-state index contributed by atoms with van der Waals surface area (Å²) in [6.45, 7) is 8.13. The predicted octanol–water partition coefficient (Wildman–Crippen LogP) is 2.67. The van der Waals surface area contributed by atoms with E-state index in [2.05, 4.69) is 29.4 Å². The molecule has 9 heteroatoms. The number of carbonyl (C=O) groups excluding carboxylic acids is 3. The number of hydrogen-bond acceptors (Lipinski definition) is 6. The third-order valence-corrected chi connectivity index (χ3v) is 5.23. The van der Waals surface area contributed by atoms with Gasteiger partial charge >= 0.3 is 0 Å². The zero-order valence-electron chi connectivity index (χ0n) is 17.1. The molecule has 0 fully saturated rings. The highest BCUT2D eigenvalue weighted by Crippen LogP contribution is 2.25. The van der Waals surface area contributed by atoms with Crippen LogP contribution >= 0.6 is 11.8 Å². The molecule has 2 amide bonds. The summed E-state index contributed by atoms with van der Waals surface area (Å²) >= 11 is 1.31. The van der Waals surface area contributed by atoms with Crippen molar-refractivity contribution in [1.82, 2.24) is 14.8 Å². The number of rotatable bonds is 10. The van der Waals surface area contributed by atoms with E-state index < -0.39 is 5.25 Å². The van der Waals surface area contributed by atoms with E-state index in [1.54, 1.807) is 31.2 Å². The lowest BCUT2D eigenvalue weighted by Gasteiger charge is -2.15. The molecule has 0 aliphatic carbocycles. The van der Waals surface area contributed by atoms with Crippen LogP contribution in [0.15, 0.2) is 29.4 Å². The maximum Gasteiger partial charge on any atom is 0.237 e. The van der Waals surface area contributed by atoms with E-state index in [0.717, 1.165) is 0 Å². The predicted molar refractivity (Wildman–Crippen MR) is 113 cm³/mol. The highest BCUT2D eigenvalue weighted by atomic mass is 32.2. The molecule has 0 aliphatic rings. The van der Waals surface area contributed by atoms with Crippen molar-refractivity contribution < 1.29 is 14.4 Å². The number of aromatic nitrogens is 3. The van der Waals surface area contributed by atoms with Gasteiger partial charge in [0.25, 0.3) is 0 Å². The zero-order valence-corrected chi connectivity index (χ0v) is 18.0. The number of hydrogen-bond donors (Lipinski definition) is 2. The highest BCUT2D eigenvalue weighted by Gasteiger charge is 2.21. The van der Waals surface area contributed by atoms with Gasteiger partial charge in [0.2, 0.25) is 11.8 Å². The number of primary amides is 1. The van der Waals surface area contributed by atoms with Gasteiger partial charge in [-0.1, -0.05) is 25.6 Å². The summed E-state index contributed by atoms with van der Waals surface area (Å²) in [7, 11) is 0. The molecule has 1 atom stereocenters. The number of aryl methyl sites for hydroxylation is 1. The summed E-state index contributed by atoms with van der Waals surface area (Å²) in [4.78, 5) is 35.0. The number of anilines is 1. The number of nitrogens with two attached hydrogens (primary N) is 1. The number of amides is 2. The van der Waals surface area contributed by atoms with E-state index in [1.165, 1.54) is 18.7 Å². The molecule has 0 bridgehead atoms. The number of benzene rings is 1. The normalized spacial score (nSPS) is 12.0. The lowest BCUT2D eigenvalue weighted by atomic mass is 10.1. The zero-order chi connectivity index (χ0) is 21.6. The van der Waals surface area contributed by atoms with Crippen molar-refractivity contribution in [1.29, 1.82) is 0 Å². The van der Waals surface area contributed by atoms with E-state index in [4.69, 9.17) is 5.73 Å². The molecule has 0 spiro atoms. The summed E-state index contributed by atoms with van der Waals surface area (Å²) in [6.07, 6.45) is 0.617. The molecule has 3 N–H and O–H groups in total. The van der Waals surface area contributed by atoms with Crippen molar-refractivity contribution in [3.63, 3.8) is 0 Å². The van der Waals surface area contributed by atoms with Crippen molar-refractivity contribution in [3.8, 4) is 0 Å². The van der Waals surface area contributed by atoms with Crippen LogP contribution in [0.3, 0.4) is 0 Å². The second kappa shape index (κ2) is 10.2. The molecule has 1 aromatic heterocycles. The van der Waals surface area contributed by atoms with Crippen molar-refractivity contribution >= 4 is 35.0 Å². The van der Waals surface area contributed by atoms with Crippen LogP contribution in [0.2, 0.25) is 0 Å². The Balaban J connectivity index is 2.07. The van der Waals surface area contributed by atoms with Crippen LogP contribution < -0.4 is 11.1 Å². The smallest absolute Gasteiger partial charge is 0.237 e. The fourth-order valence-corrected chi connectivity index (χ4v) is 3.50. The van der Waals surface area contributed by atoms with Gasteiger partial charge < -0.3 is 15.6 Å². The fraction of sp³-hybridized carbons (Fsp3) is 0.450. The quantitative estimate of drug-likeness (QED) is 0.453. The summed E-state index contributed by atoms with van der Waals surface area (Å²) in [6, 6.07) is 6.77. The first-order chi connectivity index (χ1) is 13.7. The Bertz CT molecular complexity index is 877. The number of carbonyl (C=O) groups is 3. The molecule has 2 rings (SSSR count). The Hall–Kier alpha value is -2.68. The first-order valence-corrected chi connectivity index (χ1v) is 10.3. The van der Waals surface area contributed by atoms with Crippen molar-refractivity contribution in [3.05, 3.63) is 35.7 Å². The number of ketones is 1. The van der Waals surface area contributed by atoms with Crippen LogP contribution in [0, 0.1) is 5.92 Å². The average molecular weight is 418 g/mol. The SMILES string of the molecule is CC(=O)c1ccc(NC(=O)[C@H](C)Sc2nnc(CCC(N)=O)n2CC(C)C)cc1. The largest absolute Gasteiger partial charge is 0.370 e. The summed E-state index contributed by atoms with van der Waals surface area (Å²) in [5.41, 5.74) is 6.46. The van der Waals surface area contributed by atoms with Gasteiger partial charge in [-0.3, -0.25) is 14.4 Å². The Labute approximate surface area is 174 Å². The minimum atomic E-state index is -0.415. The molecule has 2 aromatic rings. The van der Waals surface area contributed by atoms with E-state index in [-0.39, 0.29) is 24.0 Å². The Morgan fingerprint density at radius 3 is 2.34 bits per heavy atom. The van der Waals surface area contributed by atoms with Gasteiger partial charge in [0.05, 0.1) is 5.25 Å². The molecule has 8 nitrogen and oxygen atoms in total. The molecular weight excluding hydrogens is 390 g/mol. The molecule has 0 aliphatic heterocycles. The second-order valence-corrected chi connectivity index (χ2v) is 8.56. The average Bonchev–Trinajstić information content (AvgIpc) is 3.01. The fourth-order valence-electron chi connectivity index (χ4n) is 2.62. The maximum atomic E-state index is 12.6. The molecule has 0 radical (unpaired) electrons. The highest BCUT2D eigenvalue weighted by molar-refractivity contribution is 8.00. The second-order valence-electron chi connectivity index (χ2n) is 7.25. The minimum absolute atomic E-state index is 0.0246. The molecule has 156 valence electrons. The van der Waals surface area contributed by atoms with Crippen LogP contribution in [0.4, 0.5) is 5.69 Å². The molecule has 0 unspecified atom stereocenters. The van der Waals surface area contributed by atoms with Gasteiger partial charge in [-0.25, -0.2) is 0 Å². The number of Topliss-reactive ketones (excluding diaryl/α,β-unsaturated/α-hetero) is 1. The third kappa shape index (κ3) is 6.70. The molecule has 0 saturated carbocycles. The Morgan fingerprint density at radius 2 is 1.79 bits per heavy atom. The topological polar surface area (TPSA) is 120 Å². The van der Waals surface area contributed by atoms with Crippen LogP contribution in [0.25, 0.3) is 0 Å². The van der Waals surface area contributed by atoms with E-state index in [1.807, 2.05) is 4.57 Å². The summed E-state index contributed by atoms with van der Waals surface area (Å²) in [5, 5.41) is 11.5. The monoisotopic (exact) mass is 417 g/mol. The van der Waals surface area contributed by atoms with Crippen LogP contribution in [-0.2, 0) is 22.6 Å². The minimum Gasteiger partial charge on any atom is -0.370 e. The first kappa shape index (κ1) is 22.6. The Morgan fingerprint density at radius 1 is 1.14 bits per heavy atom. The van der Waals surface area contributed by atoms with E-state index >= 15 is 0 Å². The standard InChI is InChI=1S/C20H27N5O3S/c1-12(2)11-25-18(10-9-17(21)27)23-24-20(25)29-14(4)19(28)22-16-7-5-15(6-8-16)13(3)26/h5-8,12,14H,9-11H2,1-4H3,(H2,21,27)(H,22,28)/t14-/m0/s1. The maximum absolute atomic E-state index is 12.6. The van der Waals surface area contributed by atoms with Gasteiger partial charge in [-0.15, -0.1) is 10.2 Å². The van der Waals surface area contributed by atoms with Crippen molar-refractivity contribution in [2.45, 2.75) is 57.5 Å². The van der Waals surface area contributed by atoms with Gasteiger partial charge in [-0.05, 0) is 44.0 Å². The van der Waals surface area contributed by atoms with Gasteiger partial charge in [0, 0.05) is 30.6 Å².